The first-order valence-electron chi connectivity index (χ1n) is 42.1. The van der Waals surface area contributed by atoms with E-state index in [2.05, 4.69) is 37.2 Å². The van der Waals surface area contributed by atoms with Crippen LogP contribution in [0.5, 0.6) is 0 Å². The van der Waals surface area contributed by atoms with Gasteiger partial charge in [-0.3, -0.25) is 52.5 Å². The standard InChI is InChI=1S/C78H138N7O38P/c1-9-54-65(100)63(98)44(2)73(120-54)115-33-29-111-25-11-14-49(92)18-19-52(72(107)80-24-28-114-31-34-116-74-45(3)64(99)66(101)55(38-86)121-74)85-71(106)48(37-50(93)13-10-16-58(95)81-41-78(8,42-89)77(6,7)43-119-124(108,109)110)17-21-60(97)84-51(53(94)15-12-26-112-30-35-117-75-61(82-46(4)90)69(104)67(102)56(39-87)122-75)20-22-59(96)79-23-27-113-32-36-118-76-62(83-47(5)91)70(105)68(103)57(40-88)123-76/h44-45,48,51-52,54-57,61-70,73-76,86-89,98-105H,9-43H2,1-8H3,(H,79,96)(H,80,107)(H,81,95)(H,82,90)(H,83,91)(H,84,97)(H,85,106)(H2,108,109,110)/t44-,45-,48-,51+,52+,54-,55-,56-,57-,61-,62-,63-,64-,65+,66+,67+,68+,69-,70-,73?,74?,75?,76?,78-/m1/s1. The molecule has 24 atom stereocenters. The Kier molecular flexibility index (Phi) is 51.4. The Hall–Kier alpha value is -5.55. The number of ether oxygens (including phenoxy) is 12. The molecule has 4 saturated heterocycles. The van der Waals surface area contributed by atoms with E-state index in [4.69, 9.17) is 61.4 Å². The molecule has 21 N–H and O–H groups in total. The number of amides is 7. The molecule has 4 heterocycles. The minimum absolute atomic E-state index is 0.0331. The smallest absolute Gasteiger partial charge is 0.396 e. The fourth-order valence-corrected chi connectivity index (χ4v) is 14.2. The first-order chi connectivity index (χ1) is 58.7. The number of phosphoric acid groups is 1. The van der Waals surface area contributed by atoms with E-state index in [0.717, 1.165) is 0 Å². The Labute approximate surface area is 720 Å². The predicted molar refractivity (Wildman–Crippen MR) is 428 cm³/mol. The molecule has 45 nitrogen and oxygen atoms in total. The Morgan fingerprint density at radius 2 is 0.863 bits per heavy atom. The van der Waals surface area contributed by atoms with E-state index in [-0.39, 0.29) is 175 Å². The summed E-state index contributed by atoms with van der Waals surface area (Å²) in [7, 11) is -4.92. The number of hydrogen-bond donors (Lipinski definition) is 21. The molecule has 0 bridgehead atoms. The molecular formula is C78H138N7O38P. The van der Waals surface area contributed by atoms with Gasteiger partial charge in [0, 0.05) is 121 Å². The van der Waals surface area contributed by atoms with Crippen molar-refractivity contribution in [1.29, 1.82) is 0 Å². The Balaban J connectivity index is 1.54. The first-order valence-corrected chi connectivity index (χ1v) is 43.7. The average Bonchev–Trinajstić information content (AvgIpc) is 0.818. The highest BCUT2D eigenvalue weighted by Gasteiger charge is 2.49. The van der Waals surface area contributed by atoms with Crippen LogP contribution in [0.2, 0.25) is 0 Å². The number of aliphatic hydroxyl groups excluding tert-OH is 12. The number of Topliss-reactive ketones (excluding diaryl/α,β-unsaturated/α-hetero) is 3. The van der Waals surface area contributed by atoms with Gasteiger partial charge in [-0.05, 0) is 50.4 Å². The zero-order chi connectivity index (χ0) is 92.4. The normalized spacial score (nSPS) is 27.9. The van der Waals surface area contributed by atoms with Gasteiger partial charge in [-0.15, -0.1) is 0 Å². The Morgan fingerprint density at radius 1 is 0.435 bits per heavy atom. The number of ketones is 3. The quantitative estimate of drug-likeness (QED) is 0.0199. The summed E-state index contributed by atoms with van der Waals surface area (Å²) >= 11 is 0. The van der Waals surface area contributed by atoms with Crippen molar-refractivity contribution in [3.8, 4) is 0 Å². The van der Waals surface area contributed by atoms with Crippen LogP contribution in [0.25, 0.3) is 0 Å². The Bertz CT molecular complexity index is 3260. The lowest BCUT2D eigenvalue weighted by Crippen LogP contribution is -2.64. The fraction of sp³-hybridized carbons (Fsp3) is 0.872. The maximum Gasteiger partial charge on any atom is 0.469 e. The molecule has 0 aromatic rings. The number of rotatable bonds is 63. The largest absolute Gasteiger partial charge is 0.469 e. The number of hydrogen-bond acceptors (Lipinski definition) is 36. The molecule has 124 heavy (non-hydrogen) atoms. The third-order valence-corrected chi connectivity index (χ3v) is 22.6. The van der Waals surface area contributed by atoms with Gasteiger partial charge in [-0.1, -0.05) is 41.5 Å². The second kappa shape index (κ2) is 57.5. The molecule has 0 radical (unpaired) electrons. The van der Waals surface area contributed by atoms with E-state index in [1.165, 1.54) is 13.8 Å². The van der Waals surface area contributed by atoms with Crippen molar-refractivity contribution in [2.45, 2.75) is 274 Å². The summed E-state index contributed by atoms with van der Waals surface area (Å²) in [5.41, 5.74) is -2.30. The van der Waals surface area contributed by atoms with Crippen LogP contribution in [-0.4, -0.2) is 384 Å². The van der Waals surface area contributed by atoms with Gasteiger partial charge in [0.1, 0.15) is 84.6 Å². The highest BCUT2D eigenvalue weighted by Crippen LogP contribution is 2.44. The highest BCUT2D eigenvalue weighted by atomic mass is 31.2. The van der Waals surface area contributed by atoms with E-state index < -0.39 is 264 Å². The van der Waals surface area contributed by atoms with E-state index >= 15 is 0 Å². The monoisotopic (exact) mass is 1810 g/mol. The van der Waals surface area contributed by atoms with Gasteiger partial charge in [0.2, 0.25) is 41.4 Å². The number of phosphoric ester groups is 1. The van der Waals surface area contributed by atoms with Crippen LogP contribution in [0.1, 0.15) is 152 Å². The molecule has 0 aromatic heterocycles. The predicted octanol–water partition coefficient (Wildman–Crippen LogP) is -6.19. The zero-order valence-corrected chi connectivity index (χ0v) is 72.9. The zero-order valence-electron chi connectivity index (χ0n) is 72.0. The molecule has 7 amide bonds. The van der Waals surface area contributed by atoms with Crippen molar-refractivity contribution in [1.82, 2.24) is 37.2 Å². The second-order valence-electron chi connectivity index (χ2n) is 32.2. The summed E-state index contributed by atoms with van der Waals surface area (Å²) in [6.07, 6.45) is -22.9. The molecule has 718 valence electrons. The van der Waals surface area contributed by atoms with Gasteiger partial charge < -0.3 is 165 Å². The number of carbonyl (C=O) groups excluding carboxylic acids is 10. The number of aliphatic hydroxyl groups is 12. The summed E-state index contributed by atoms with van der Waals surface area (Å²) in [6.45, 7) is 7.74. The van der Waals surface area contributed by atoms with Crippen LogP contribution >= 0.6 is 7.82 Å². The summed E-state index contributed by atoms with van der Waals surface area (Å²) in [5, 5.41) is 141. The van der Waals surface area contributed by atoms with Crippen LogP contribution < -0.4 is 37.2 Å². The fourth-order valence-electron chi connectivity index (χ4n) is 13.8. The van der Waals surface area contributed by atoms with Gasteiger partial charge in [-0.2, -0.15) is 0 Å². The molecule has 4 fully saturated rings. The topological polar surface area (TPSA) is 675 Å². The lowest BCUT2D eigenvalue weighted by Gasteiger charge is -2.43. The molecule has 0 aliphatic carbocycles. The molecule has 4 aliphatic rings. The van der Waals surface area contributed by atoms with Crippen LogP contribution in [0.15, 0.2) is 0 Å². The molecule has 4 rings (SSSR count). The van der Waals surface area contributed by atoms with Crippen LogP contribution in [0.4, 0.5) is 0 Å². The van der Waals surface area contributed by atoms with Crippen molar-refractivity contribution in [2.75, 3.05) is 132 Å². The van der Waals surface area contributed by atoms with Crippen molar-refractivity contribution in [2.24, 2.45) is 28.6 Å². The minimum Gasteiger partial charge on any atom is -0.396 e. The maximum absolute atomic E-state index is 14.8. The summed E-state index contributed by atoms with van der Waals surface area (Å²) in [4.78, 5) is 154. The van der Waals surface area contributed by atoms with Crippen LogP contribution in [0.3, 0.4) is 0 Å². The SMILES string of the molecule is CC[C@H]1OC(OCCOCCCC(=O)CC[C@H](NC(=O)[C@H](CCC(=O)N[C@@H](CCC(=O)NCCOCCOC2O[C@H](CO)[C@H](O)[C@H](O)[C@H]2NC(C)=O)C(=O)CCCOCCOC2O[C@H](CO)[C@H](O)[C@H](O)[C@H]2NC(C)=O)CC(=O)CCCC(=O)NC[C@](C)(CO)C(C)(C)COP(=O)(O)O)C(=O)NCCOCCOC2O[C@H](CO)[C@H](O)[C@H](O)[C@H]2C)[C@H](C)[C@@H](O)[C@H]1O. The summed E-state index contributed by atoms with van der Waals surface area (Å²) in [5.74, 6) is -9.11. The first kappa shape index (κ1) is 111. The van der Waals surface area contributed by atoms with Gasteiger partial charge in [0.15, 0.2) is 30.9 Å². The third kappa shape index (κ3) is 38.6. The van der Waals surface area contributed by atoms with Gasteiger partial charge in [-0.25, -0.2) is 4.57 Å². The van der Waals surface area contributed by atoms with E-state index in [1.807, 2.05) is 0 Å². The van der Waals surface area contributed by atoms with Crippen molar-refractivity contribution >= 4 is 66.5 Å². The second-order valence-corrected chi connectivity index (χ2v) is 33.5. The molecule has 0 saturated carbocycles. The summed E-state index contributed by atoms with van der Waals surface area (Å²) in [6, 6.07) is -5.30. The highest BCUT2D eigenvalue weighted by molar-refractivity contribution is 7.46. The van der Waals surface area contributed by atoms with Crippen molar-refractivity contribution in [3.05, 3.63) is 0 Å². The number of nitrogens with one attached hydrogen (secondary N) is 7. The number of carbonyl (C=O) groups is 10. The third-order valence-electron chi connectivity index (χ3n) is 22.1. The molecule has 4 aliphatic heterocycles. The lowest BCUT2D eigenvalue weighted by molar-refractivity contribution is -0.284. The molecule has 4 unspecified atom stereocenters. The van der Waals surface area contributed by atoms with Crippen LogP contribution in [0, 0.1) is 28.6 Å². The van der Waals surface area contributed by atoms with Crippen LogP contribution in [-0.2, 0) is 114 Å². The molecule has 0 spiro atoms. The molecular weight excluding hydrogens is 1670 g/mol. The minimum atomic E-state index is -4.92. The summed E-state index contributed by atoms with van der Waals surface area (Å²) < 4.78 is 84.3. The molecule has 0 aromatic carbocycles. The Morgan fingerprint density at radius 3 is 1.35 bits per heavy atom. The van der Waals surface area contributed by atoms with E-state index in [0.29, 0.717) is 6.42 Å². The van der Waals surface area contributed by atoms with Crippen molar-refractivity contribution in [3.63, 3.8) is 0 Å². The molecule has 46 heteroatoms. The van der Waals surface area contributed by atoms with Crippen molar-refractivity contribution < 1.29 is 185 Å². The average molecular weight is 1810 g/mol. The lowest BCUT2D eigenvalue weighted by atomic mass is 9.67. The maximum atomic E-state index is 14.8. The van der Waals surface area contributed by atoms with Gasteiger partial charge >= 0.3 is 7.82 Å². The van der Waals surface area contributed by atoms with E-state index in [1.54, 1.807) is 41.5 Å². The van der Waals surface area contributed by atoms with Gasteiger partial charge in [0.25, 0.3) is 0 Å². The van der Waals surface area contributed by atoms with Gasteiger partial charge in [0.05, 0.1) is 123 Å². The van der Waals surface area contributed by atoms with E-state index in [9.17, 15) is 124 Å².